The van der Waals surface area contributed by atoms with Crippen LogP contribution in [0.1, 0.15) is 15.4 Å². The van der Waals surface area contributed by atoms with Gasteiger partial charge in [-0.15, -0.1) is 11.3 Å². The van der Waals surface area contributed by atoms with Crippen molar-refractivity contribution >= 4 is 23.4 Å². The quantitative estimate of drug-likeness (QED) is 0.830. The van der Waals surface area contributed by atoms with E-state index in [1.807, 2.05) is 37.4 Å². The lowest BCUT2D eigenvalue weighted by Gasteiger charge is -2.14. The third kappa shape index (κ3) is 4.60. The number of pyridine rings is 1. The molecule has 0 aromatic carbocycles. The SMILES string of the molecule is CN(Cc1ccccn1)Cc1ccc(C=CC(=O)O)s1. The smallest absolute Gasteiger partial charge is 0.328 e. The molecule has 2 heterocycles. The second kappa shape index (κ2) is 6.98. The molecule has 1 N–H and O–H groups in total. The van der Waals surface area contributed by atoms with E-state index in [-0.39, 0.29) is 0 Å². The van der Waals surface area contributed by atoms with E-state index in [9.17, 15) is 4.79 Å². The maximum Gasteiger partial charge on any atom is 0.328 e. The minimum atomic E-state index is -0.924. The second-order valence-corrected chi connectivity index (χ2v) is 5.67. The molecule has 0 aliphatic rings. The average Bonchev–Trinajstić information content (AvgIpc) is 2.85. The van der Waals surface area contributed by atoms with Crippen molar-refractivity contribution in [3.8, 4) is 0 Å². The molecule has 0 amide bonds. The van der Waals surface area contributed by atoms with Gasteiger partial charge in [0, 0.05) is 35.1 Å². The van der Waals surface area contributed by atoms with Crippen LogP contribution in [0.5, 0.6) is 0 Å². The molecule has 0 bridgehead atoms. The van der Waals surface area contributed by atoms with Gasteiger partial charge in [-0.3, -0.25) is 9.88 Å². The van der Waals surface area contributed by atoms with Crippen molar-refractivity contribution in [1.82, 2.24) is 9.88 Å². The van der Waals surface area contributed by atoms with Gasteiger partial charge in [-0.25, -0.2) is 4.79 Å². The molecule has 20 heavy (non-hydrogen) atoms. The Labute approximate surface area is 122 Å². The highest BCUT2D eigenvalue weighted by molar-refractivity contribution is 7.12. The summed E-state index contributed by atoms with van der Waals surface area (Å²) < 4.78 is 0. The highest BCUT2D eigenvalue weighted by Crippen LogP contribution is 2.19. The minimum absolute atomic E-state index is 0.791. The molecular formula is C15H16N2O2S. The van der Waals surface area contributed by atoms with Gasteiger partial charge >= 0.3 is 5.97 Å². The van der Waals surface area contributed by atoms with Crippen LogP contribution in [0.3, 0.4) is 0 Å². The predicted octanol–water partition coefficient (Wildman–Crippen LogP) is 2.87. The van der Waals surface area contributed by atoms with Crippen molar-refractivity contribution in [2.75, 3.05) is 7.05 Å². The summed E-state index contributed by atoms with van der Waals surface area (Å²) in [6.45, 7) is 1.61. The van der Waals surface area contributed by atoms with Gasteiger partial charge in [0.05, 0.1) is 5.69 Å². The first-order valence-corrected chi connectivity index (χ1v) is 7.03. The Morgan fingerprint density at radius 2 is 2.20 bits per heavy atom. The zero-order chi connectivity index (χ0) is 14.4. The van der Waals surface area contributed by atoms with Gasteiger partial charge < -0.3 is 5.11 Å². The van der Waals surface area contributed by atoms with E-state index in [0.717, 1.165) is 29.7 Å². The first-order valence-electron chi connectivity index (χ1n) is 6.21. The summed E-state index contributed by atoms with van der Waals surface area (Å²) >= 11 is 1.60. The van der Waals surface area contributed by atoms with Crippen LogP contribution in [0.2, 0.25) is 0 Å². The van der Waals surface area contributed by atoms with E-state index in [1.165, 1.54) is 4.88 Å². The predicted molar refractivity (Wildman–Crippen MR) is 80.4 cm³/mol. The zero-order valence-corrected chi connectivity index (χ0v) is 12.0. The van der Waals surface area contributed by atoms with Gasteiger partial charge in [-0.1, -0.05) is 6.07 Å². The topological polar surface area (TPSA) is 53.4 Å². The van der Waals surface area contributed by atoms with Crippen LogP contribution in [0.15, 0.2) is 42.6 Å². The lowest BCUT2D eigenvalue weighted by atomic mass is 10.3. The average molecular weight is 288 g/mol. The van der Waals surface area contributed by atoms with Crippen LogP contribution in [0.25, 0.3) is 6.08 Å². The fourth-order valence-corrected chi connectivity index (χ4v) is 2.81. The highest BCUT2D eigenvalue weighted by atomic mass is 32.1. The molecular weight excluding hydrogens is 272 g/mol. The van der Waals surface area contributed by atoms with E-state index >= 15 is 0 Å². The van der Waals surface area contributed by atoms with Crippen molar-refractivity contribution in [3.05, 3.63) is 58.1 Å². The summed E-state index contributed by atoms with van der Waals surface area (Å²) in [4.78, 5) is 19.1. The Morgan fingerprint density at radius 3 is 2.90 bits per heavy atom. The molecule has 0 fully saturated rings. The van der Waals surface area contributed by atoms with E-state index in [0.29, 0.717) is 0 Å². The number of aromatic nitrogens is 1. The standard InChI is InChI=1S/C15H16N2O2S/c1-17(10-12-4-2-3-9-16-12)11-14-6-5-13(20-14)7-8-15(18)19/h2-9H,10-11H2,1H3,(H,18,19). The Bertz CT molecular complexity index is 593. The monoisotopic (exact) mass is 288 g/mol. The molecule has 5 heteroatoms. The number of thiophene rings is 1. The fraction of sp³-hybridized carbons (Fsp3) is 0.200. The van der Waals surface area contributed by atoms with Gasteiger partial charge in [-0.05, 0) is 37.4 Å². The minimum Gasteiger partial charge on any atom is -0.478 e. The van der Waals surface area contributed by atoms with Crippen molar-refractivity contribution < 1.29 is 9.90 Å². The molecule has 0 spiro atoms. The number of nitrogens with zero attached hydrogens (tertiary/aromatic N) is 2. The molecule has 0 atom stereocenters. The van der Waals surface area contributed by atoms with Crippen LogP contribution in [-0.4, -0.2) is 28.0 Å². The van der Waals surface area contributed by atoms with Crippen molar-refractivity contribution in [3.63, 3.8) is 0 Å². The van der Waals surface area contributed by atoms with Crippen LogP contribution < -0.4 is 0 Å². The summed E-state index contributed by atoms with van der Waals surface area (Å²) in [5.74, 6) is -0.924. The third-order valence-corrected chi connectivity index (χ3v) is 3.69. The van der Waals surface area contributed by atoms with Crippen LogP contribution in [0.4, 0.5) is 0 Å². The van der Waals surface area contributed by atoms with Gasteiger partial charge in [0.2, 0.25) is 0 Å². The molecule has 0 aliphatic heterocycles. The Kier molecular flexibility index (Phi) is 5.03. The number of hydrogen-bond donors (Lipinski definition) is 1. The largest absolute Gasteiger partial charge is 0.478 e. The lowest BCUT2D eigenvalue weighted by molar-refractivity contribution is -0.131. The van der Waals surface area contributed by atoms with Gasteiger partial charge in [0.15, 0.2) is 0 Å². The van der Waals surface area contributed by atoms with Crippen molar-refractivity contribution in [1.29, 1.82) is 0 Å². The normalized spacial score (nSPS) is 11.3. The maximum atomic E-state index is 10.5. The molecule has 104 valence electrons. The number of carboxylic acid groups (broad SMARTS) is 1. The third-order valence-electron chi connectivity index (χ3n) is 2.66. The molecule has 0 aliphatic carbocycles. The molecule has 2 aromatic rings. The van der Waals surface area contributed by atoms with Gasteiger partial charge in [-0.2, -0.15) is 0 Å². The lowest BCUT2D eigenvalue weighted by Crippen LogP contribution is -2.17. The van der Waals surface area contributed by atoms with E-state index in [1.54, 1.807) is 23.6 Å². The Morgan fingerprint density at radius 1 is 1.35 bits per heavy atom. The molecule has 0 unspecified atom stereocenters. The molecule has 2 aromatic heterocycles. The van der Waals surface area contributed by atoms with Crippen LogP contribution in [-0.2, 0) is 17.9 Å². The zero-order valence-electron chi connectivity index (χ0n) is 11.2. The van der Waals surface area contributed by atoms with Crippen LogP contribution in [0, 0.1) is 0 Å². The second-order valence-electron chi connectivity index (χ2n) is 4.47. The first kappa shape index (κ1) is 14.4. The number of aliphatic carboxylic acids is 1. The van der Waals surface area contributed by atoms with Crippen molar-refractivity contribution in [2.45, 2.75) is 13.1 Å². The number of carbonyl (C=O) groups is 1. The van der Waals surface area contributed by atoms with E-state index in [4.69, 9.17) is 5.11 Å². The summed E-state index contributed by atoms with van der Waals surface area (Å²) in [5, 5.41) is 8.59. The summed E-state index contributed by atoms with van der Waals surface area (Å²) in [5.41, 5.74) is 1.04. The summed E-state index contributed by atoms with van der Waals surface area (Å²) in [6.07, 6.45) is 4.57. The molecule has 4 nitrogen and oxygen atoms in total. The highest BCUT2D eigenvalue weighted by Gasteiger charge is 2.04. The van der Waals surface area contributed by atoms with Crippen molar-refractivity contribution in [2.24, 2.45) is 0 Å². The first-order chi connectivity index (χ1) is 9.63. The molecule has 0 saturated heterocycles. The molecule has 0 saturated carbocycles. The maximum absolute atomic E-state index is 10.5. The van der Waals surface area contributed by atoms with Gasteiger partial charge in [0.25, 0.3) is 0 Å². The number of rotatable bonds is 6. The van der Waals surface area contributed by atoms with Crippen LogP contribution >= 0.6 is 11.3 Å². The Balaban J connectivity index is 1.91. The summed E-state index contributed by atoms with van der Waals surface area (Å²) in [7, 11) is 2.04. The number of carboxylic acids is 1. The fourth-order valence-electron chi connectivity index (χ4n) is 1.81. The Hall–Kier alpha value is -1.98. The van der Waals surface area contributed by atoms with Gasteiger partial charge in [0.1, 0.15) is 0 Å². The summed E-state index contributed by atoms with van der Waals surface area (Å²) in [6, 6.07) is 9.86. The van der Waals surface area contributed by atoms with E-state index in [2.05, 4.69) is 9.88 Å². The molecule has 2 rings (SSSR count). The van der Waals surface area contributed by atoms with E-state index < -0.39 is 5.97 Å². The molecule has 0 radical (unpaired) electrons. The number of hydrogen-bond acceptors (Lipinski definition) is 4.